The highest BCUT2D eigenvalue weighted by atomic mass is 16.4. The maximum atomic E-state index is 13.7. The predicted octanol–water partition coefficient (Wildman–Crippen LogP) is 5.70. The maximum Gasteiger partial charge on any atom is 0.408 e. The monoisotopic (exact) mass is 455 g/mol. The van der Waals surface area contributed by atoms with Crippen molar-refractivity contribution in [1.82, 2.24) is 15.2 Å². The highest BCUT2D eigenvalue weighted by Gasteiger charge is 2.37. The van der Waals surface area contributed by atoms with Crippen molar-refractivity contribution in [2.75, 3.05) is 0 Å². The zero-order valence-electron chi connectivity index (χ0n) is 19.3. The number of fused-ring (bicyclic) bond motifs is 1. The topological polar surface area (TPSA) is 85.4 Å². The van der Waals surface area contributed by atoms with Crippen molar-refractivity contribution in [3.05, 3.63) is 108 Å². The number of hydrogen-bond donors (Lipinski definition) is 3. The minimum Gasteiger partial charge on any atom is -0.465 e. The van der Waals surface area contributed by atoms with E-state index in [-0.39, 0.29) is 24.4 Å². The Morgan fingerprint density at radius 3 is 2.21 bits per heavy atom. The smallest absolute Gasteiger partial charge is 0.408 e. The van der Waals surface area contributed by atoms with Gasteiger partial charge in [0, 0.05) is 29.6 Å². The number of nitrogens with zero attached hydrogens (tertiary/aromatic N) is 1. The fourth-order valence-electron chi connectivity index (χ4n) is 4.47. The number of aromatic amines is 1. The van der Waals surface area contributed by atoms with Crippen molar-refractivity contribution in [2.24, 2.45) is 0 Å². The third kappa shape index (κ3) is 4.96. The number of nitrogens with one attached hydrogen (secondary N) is 2. The molecule has 1 heterocycles. The second-order valence-corrected chi connectivity index (χ2v) is 8.56. The molecule has 0 radical (unpaired) electrons. The fourth-order valence-corrected chi connectivity index (χ4v) is 4.47. The summed E-state index contributed by atoms with van der Waals surface area (Å²) in [5, 5.41) is 14.2. The standard InChI is InChI=1S/C28H29N3O3/c1-19(24-17-29-25-16-10-9-15-23(24)25)26(27(32)30-20(2)22-13-7-4-8-14-22)31(28(33)34)18-21-11-5-3-6-12-21/h3-17,19-20,26,29H,18H2,1-2H3,(H,30,32)(H,33,34). The van der Waals surface area contributed by atoms with E-state index in [0.717, 1.165) is 27.6 Å². The molecule has 3 N–H and O–H groups in total. The van der Waals surface area contributed by atoms with Crippen LogP contribution in [0.15, 0.2) is 91.1 Å². The molecule has 0 spiro atoms. The molecule has 34 heavy (non-hydrogen) atoms. The summed E-state index contributed by atoms with van der Waals surface area (Å²) in [6, 6.07) is 25.7. The third-order valence-corrected chi connectivity index (χ3v) is 6.29. The number of para-hydroxylation sites is 1. The van der Waals surface area contributed by atoms with Crippen LogP contribution in [-0.4, -0.2) is 33.0 Å². The normalized spacial score (nSPS) is 13.7. The van der Waals surface area contributed by atoms with Crippen LogP contribution >= 0.6 is 0 Å². The molecule has 3 atom stereocenters. The van der Waals surface area contributed by atoms with Crippen LogP contribution in [0.2, 0.25) is 0 Å². The molecule has 0 saturated carbocycles. The number of H-pyrrole nitrogens is 1. The molecular formula is C28H29N3O3. The zero-order valence-corrected chi connectivity index (χ0v) is 19.3. The molecule has 0 bridgehead atoms. The molecule has 6 nitrogen and oxygen atoms in total. The summed E-state index contributed by atoms with van der Waals surface area (Å²) in [6.07, 6.45) is 0.738. The van der Waals surface area contributed by atoms with Crippen LogP contribution < -0.4 is 5.32 Å². The molecule has 3 aromatic carbocycles. The van der Waals surface area contributed by atoms with Gasteiger partial charge >= 0.3 is 6.09 Å². The average Bonchev–Trinajstić information content (AvgIpc) is 3.29. The number of rotatable bonds is 8. The molecule has 0 fully saturated rings. The van der Waals surface area contributed by atoms with Crippen molar-refractivity contribution < 1.29 is 14.7 Å². The Labute approximate surface area is 199 Å². The van der Waals surface area contributed by atoms with Gasteiger partial charge in [0.25, 0.3) is 0 Å². The van der Waals surface area contributed by atoms with Crippen molar-refractivity contribution in [2.45, 2.75) is 38.4 Å². The Morgan fingerprint density at radius 1 is 0.912 bits per heavy atom. The van der Waals surface area contributed by atoms with Crippen LogP contribution in [0.25, 0.3) is 10.9 Å². The molecule has 4 aromatic rings. The summed E-state index contributed by atoms with van der Waals surface area (Å²) < 4.78 is 0. The van der Waals surface area contributed by atoms with Gasteiger partial charge in [-0.1, -0.05) is 85.8 Å². The van der Waals surface area contributed by atoms with E-state index in [2.05, 4.69) is 10.3 Å². The lowest BCUT2D eigenvalue weighted by Gasteiger charge is -2.34. The van der Waals surface area contributed by atoms with Crippen LogP contribution in [0, 0.1) is 0 Å². The van der Waals surface area contributed by atoms with Crippen molar-refractivity contribution in [1.29, 1.82) is 0 Å². The molecular weight excluding hydrogens is 426 g/mol. The largest absolute Gasteiger partial charge is 0.465 e. The van der Waals surface area contributed by atoms with Crippen LogP contribution in [0.4, 0.5) is 4.79 Å². The van der Waals surface area contributed by atoms with Crippen LogP contribution in [0.1, 0.15) is 42.5 Å². The van der Waals surface area contributed by atoms with E-state index in [9.17, 15) is 14.7 Å². The van der Waals surface area contributed by atoms with E-state index in [4.69, 9.17) is 0 Å². The number of carbonyl (C=O) groups excluding carboxylic acids is 1. The summed E-state index contributed by atoms with van der Waals surface area (Å²) in [6.45, 7) is 3.93. The van der Waals surface area contributed by atoms with Gasteiger partial charge in [0.2, 0.25) is 5.91 Å². The van der Waals surface area contributed by atoms with Crippen molar-refractivity contribution in [3.8, 4) is 0 Å². The van der Waals surface area contributed by atoms with E-state index in [1.165, 1.54) is 4.90 Å². The second-order valence-electron chi connectivity index (χ2n) is 8.56. The van der Waals surface area contributed by atoms with Crippen molar-refractivity contribution >= 4 is 22.9 Å². The number of aromatic nitrogens is 1. The molecule has 3 unspecified atom stereocenters. The zero-order chi connectivity index (χ0) is 24.1. The molecule has 0 aliphatic rings. The van der Waals surface area contributed by atoms with Crippen LogP contribution in [0.3, 0.4) is 0 Å². The minimum absolute atomic E-state index is 0.112. The molecule has 2 amide bonds. The lowest BCUT2D eigenvalue weighted by atomic mass is 9.90. The number of carbonyl (C=O) groups is 2. The number of amides is 2. The number of carboxylic acid groups (broad SMARTS) is 1. The van der Waals surface area contributed by atoms with Crippen molar-refractivity contribution in [3.63, 3.8) is 0 Å². The molecule has 6 heteroatoms. The second kappa shape index (κ2) is 10.3. The molecule has 0 aliphatic carbocycles. The first-order chi connectivity index (χ1) is 16.5. The summed E-state index contributed by atoms with van der Waals surface area (Å²) >= 11 is 0. The van der Waals surface area contributed by atoms with Crippen LogP contribution in [-0.2, 0) is 11.3 Å². The Morgan fingerprint density at radius 2 is 1.53 bits per heavy atom. The third-order valence-electron chi connectivity index (χ3n) is 6.29. The van der Waals surface area contributed by atoms with Gasteiger partial charge in [-0.3, -0.25) is 9.69 Å². The SMILES string of the molecule is CC(NC(=O)C(C(C)c1c[nH]c2ccccc12)N(Cc1ccccc1)C(=O)O)c1ccccc1. The summed E-state index contributed by atoms with van der Waals surface area (Å²) in [5.74, 6) is -0.716. The Balaban J connectivity index is 1.71. The highest BCUT2D eigenvalue weighted by Crippen LogP contribution is 2.31. The first-order valence-electron chi connectivity index (χ1n) is 11.4. The first-order valence-corrected chi connectivity index (χ1v) is 11.4. The van der Waals surface area contributed by atoms with Gasteiger partial charge in [-0.15, -0.1) is 0 Å². The fraction of sp³-hybridized carbons (Fsp3) is 0.214. The van der Waals surface area contributed by atoms with Gasteiger partial charge in [0.1, 0.15) is 6.04 Å². The highest BCUT2D eigenvalue weighted by molar-refractivity contribution is 5.89. The van der Waals surface area contributed by atoms with E-state index in [0.29, 0.717) is 0 Å². The Bertz CT molecular complexity index is 1250. The van der Waals surface area contributed by atoms with Gasteiger partial charge in [-0.05, 0) is 29.7 Å². The van der Waals surface area contributed by atoms with Gasteiger partial charge < -0.3 is 15.4 Å². The summed E-state index contributed by atoms with van der Waals surface area (Å²) in [5.41, 5.74) is 3.64. The lowest BCUT2D eigenvalue weighted by molar-refractivity contribution is -0.127. The van der Waals surface area contributed by atoms with E-state index >= 15 is 0 Å². The molecule has 174 valence electrons. The van der Waals surface area contributed by atoms with E-state index in [1.54, 1.807) is 0 Å². The summed E-state index contributed by atoms with van der Waals surface area (Å²) in [7, 11) is 0. The molecule has 1 aromatic heterocycles. The first kappa shape index (κ1) is 23.1. The molecule has 0 saturated heterocycles. The molecule has 4 rings (SSSR count). The molecule has 0 aliphatic heterocycles. The van der Waals surface area contributed by atoms with E-state index in [1.807, 2.05) is 105 Å². The minimum atomic E-state index is -1.14. The van der Waals surface area contributed by atoms with E-state index < -0.39 is 12.1 Å². The predicted molar refractivity (Wildman–Crippen MR) is 134 cm³/mol. The van der Waals surface area contributed by atoms with Gasteiger partial charge in [-0.2, -0.15) is 0 Å². The number of hydrogen-bond acceptors (Lipinski definition) is 2. The Kier molecular flexibility index (Phi) is 6.97. The lowest BCUT2D eigenvalue weighted by Crippen LogP contribution is -2.51. The maximum absolute atomic E-state index is 13.7. The van der Waals surface area contributed by atoms with Gasteiger partial charge in [-0.25, -0.2) is 4.79 Å². The Hall–Kier alpha value is -4.06. The van der Waals surface area contributed by atoms with Gasteiger partial charge in [0.05, 0.1) is 6.04 Å². The van der Waals surface area contributed by atoms with Gasteiger partial charge in [0.15, 0.2) is 0 Å². The summed E-state index contributed by atoms with van der Waals surface area (Å²) in [4.78, 5) is 30.7. The average molecular weight is 456 g/mol. The van der Waals surface area contributed by atoms with Crippen LogP contribution in [0.5, 0.6) is 0 Å². The quantitative estimate of drug-likeness (QED) is 0.319. The number of benzene rings is 3.